The van der Waals surface area contributed by atoms with Crippen molar-refractivity contribution in [3.05, 3.63) is 70.5 Å². The molecule has 0 spiro atoms. The van der Waals surface area contributed by atoms with E-state index in [1.165, 1.54) is 7.11 Å². The normalized spacial score (nSPS) is 15.0. The van der Waals surface area contributed by atoms with Crippen LogP contribution in [0.1, 0.15) is 17.9 Å². The largest absolute Gasteiger partial charge is 0.497 e. The summed E-state index contributed by atoms with van der Waals surface area (Å²) in [5.74, 6) is -1.03. The van der Waals surface area contributed by atoms with Crippen LogP contribution in [0.5, 0.6) is 5.75 Å². The molecule has 0 aliphatic carbocycles. The van der Waals surface area contributed by atoms with Gasteiger partial charge in [0.2, 0.25) is 17.8 Å². The average Bonchev–Trinajstić information content (AvgIpc) is 2.73. The van der Waals surface area contributed by atoms with Crippen molar-refractivity contribution < 1.29 is 14.3 Å². The van der Waals surface area contributed by atoms with Crippen LogP contribution < -0.4 is 26.2 Å². The number of rotatable bonds is 5. The zero-order valence-corrected chi connectivity index (χ0v) is 16.1. The number of nitrogens with zero attached hydrogens (tertiary/aromatic N) is 1. The lowest BCUT2D eigenvalue weighted by molar-refractivity contribution is -0.123. The first kappa shape index (κ1) is 19.2. The SMILES string of the molecule is COc1cccc(NC(=O)C2CC(=O)Nc3nc(Nc4ccccc4)[nH]c(=O)c32)c1. The van der Waals surface area contributed by atoms with Crippen LogP contribution in [0.25, 0.3) is 0 Å². The van der Waals surface area contributed by atoms with Crippen molar-refractivity contribution in [3.8, 4) is 5.75 Å². The number of hydrogen-bond acceptors (Lipinski definition) is 6. The van der Waals surface area contributed by atoms with Gasteiger partial charge in [0.1, 0.15) is 11.6 Å². The molecule has 1 unspecified atom stereocenters. The number of aromatic nitrogens is 2. The van der Waals surface area contributed by atoms with Gasteiger partial charge in [0.05, 0.1) is 18.6 Å². The third kappa shape index (κ3) is 4.00. The van der Waals surface area contributed by atoms with E-state index in [2.05, 4.69) is 25.9 Å². The van der Waals surface area contributed by atoms with Gasteiger partial charge in [0, 0.05) is 23.9 Å². The fraction of sp³-hybridized carbons (Fsp3) is 0.143. The van der Waals surface area contributed by atoms with E-state index in [0.717, 1.165) is 5.69 Å². The molecule has 0 radical (unpaired) electrons. The molecule has 0 bridgehead atoms. The number of amides is 2. The van der Waals surface area contributed by atoms with Gasteiger partial charge in [-0.3, -0.25) is 19.4 Å². The Morgan fingerprint density at radius 1 is 1.10 bits per heavy atom. The van der Waals surface area contributed by atoms with E-state index >= 15 is 0 Å². The van der Waals surface area contributed by atoms with Gasteiger partial charge in [-0.25, -0.2) is 0 Å². The van der Waals surface area contributed by atoms with Crippen molar-refractivity contribution >= 4 is 35.0 Å². The van der Waals surface area contributed by atoms with Crippen LogP contribution >= 0.6 is 0 Å². The molecule has 3 aromatic rings. The van der Waals surface area contributed by atoms with E-state index in [9.17, 15) is 14.4 Å². The number of methoxy groups -OCH3 is 1. The highest BCUT2D eigenvalue weighted by molar-refractivity contribution is 6.04. The Hall–Kier alpha value is -4.14. The second-order valence-corrected chi connectivity index (χ2v) is 6.69. The summed E-state index contributed by atoms with van der Waals surface area (Å²) >= 11 is 0. The minimum Gasteiger partial charge on any atom is -0.497 e. The number of carbonyl (C=O) groups excluding carboxylic acids is 2. The fourth-order valence-corrected chi connectivity index (χ4v) is 3.24. The van der Waals surface area contributed by atoms with E-state index in [1.54, 1.807) is 24.3 Å². The average molecular weight is 405 g/mol. The predicted octanol–water partition coefficient (Wildman–Crippen LogP) is 2.59. The molecular formula is C21H19N5O4. The molecule has 0 fully saturated rings. The number of fused-ring (bicyclic) bond motifs is 1. The van der Waals surface area contributed by atoms with Crippen LogP contribution in [0, 0.1) is 0 Å². The first-order valence-electron chi connectivity index (χ1n) is 9.24. The monoisotopic (exact) mass is 405 g/mol. The number of carbonyl (C=O) groups is 2. The lowest BCUT2D eigenvalue weighted by Gasteiger charge is -2.23. The molecule has 4 rings (SSSR count). The maximum absolute atomic E-state index is 12.9. The van der Waals surface area contributed by atoms with Crippen LogP contribution in [0.3, 0.4) is 0 Å². The summed E-state index contributed by atoms with van der Waals surface area (Å²) in [5.41, 5.74) is 0.839. The van der Waals surface area contributed by atoms with E-state index in [-0.39, 0.29) is 23.8 Å². The fourth-order valence-electron chi connectivity index (χ4n) is 3.24. The highest BCUT2D eigenvalue weighted by Gasteiger charge is 2.34. The second-order valence-electron chi connectivity index (χ2n) is 6.69. The molecule has 9 nitrogen and oxygen atoms in total. The molecule has 152 valence electrons. The van der Waals surface area contributed by atoms with Crippen LogP contribution in [-0.2, 0) is 9.59 Å². The number of hydrogen-bond donors (Lipinski definition) is 4. The maximum atomic E-state index is 12.9. The number of ether oxygens (including phenoxy) is 1. The lowest BCUT2D eigenvalue weighted by Crippen LogP contribution is -2.36. The number of aromatic amines is 1. The minimum absolute atomic E-state index is 0.0687. The zero-order chi connectivity index (χ0) is 21.1. The molecule has 4 N–H and O–H groups in total. The molecule has 1 aliphatic heterocycles. The van der Waals surface area contributed by atoms with Crippen molar-refractivity contribution in [2.45, 2.75) is 12.3 Å². The number of para-hydroxylation sites is 1. The molecule has 1 aliphatic rings. The van der Waals surface area contributed by atoms with Crippen molar-refractivity contribution in [1.29, 1.82) is 0 Å². The van der Waals surface area contributed by atoms with E-state index in [4.69, 9.17) is 4.74 Å². The van der Waals surface area contributed by atoms with Gasteiger partial charge < -0.3 is 20.7 Å². The van der Waals surface area contributed by atoms with Gasteiger partial charge in [0.15, 0.2) is 0 Å². The second kappa shape index (κ2) is 8.08. The standard InChI is InChI=1S/C21H19N5O4/c1-30-14-9-5-8-13(10-14)22-19(28)15-11-16(27)24-18-17(15)20(29)26-21(25-18)23-12-6-3-2-4-7-12/h2-10,15H,11H2,1H3,(H,22,28)(H3,23,24,25,26,27,29). The van der Waals surface area contributed by atoms with Gasteiger partial charge in [-0.05, 0) is 24.3 Å². The van der Waals surface area contributed by atoms with Crippen LogP contribution in [0.2, 0.25) is 0 Å². The van der Waals surface area contributed by atoms with Gasteiger partial charge in [-0.1, -0.05) is 24.3 Å². The van der Waals surface area contributed by atoms with Crippen molar-refractivity contribution in [2.75, 3.05) is 23.1 Å². The maximum Gasteiger partial charge on any atom is 0.258 e. The summed E-state index contributed by atoms with van der Waals surface area (Å²) in [6.45, 7) is 0. The molecule has 2 aromatic carbocycles. The number of benzene rings is 2. The molecule has 30 heavy (non-hydrogen) atoms. The lowest BCUT2D eigenvalue weighted by atomic mass is 9.92. The minimum atomic E-state index is -0.970. The Morgan fingerprint density at radius 3 is 2.63 bits per heavy atom. The highest BCUT2D eigenvalue weighted by Crippen LogP contribution is 2.30. The third-order valence-electron chi connectivity index (χ3n) is 4.64. The Kier molecular flexibility index (Phi) is 5.17. The quantitative estimate of drug-likeness (QED) is 0.517. The van der Waals surface area contributed by atoms with E-state index in [0.29, 0.717) is 11.4 Å². The summed E-state index contributed by atoms with van der Waals surface area (Å²) in [5, 5.41) is 8.29. The Morgan fingerprint density at radius 2 is 1.87 bits per heavy atom. The topological polar surface area (TPSA) is 125 Å². The molecule has 0 saturated carbocycles. The zero-order valence-electron chi connectivity index (χ0n) is 16.1. The van der Waals surface area contributed by atoms with Gasteiger partial charge in [-0.15, -0.1) is 0 Å². The summed E-state index contributed by atoms with van der Waals surface area (Å²) in [6.07, 6.45) is -0.154. The first-order valence-corrected chi connectivity index (χ1v) is 9.24. The first-order chi connectivity index (χ1) is 14.5. The summed E-state index contributed by atoms with van der Waals surface area (Å²) in [7, 11) is 1.52. The summed E-state index contributed by atoms with van der Waals surface area (Å²) < 4.78 is 5.15. The molecule has 2 amide bonds. The molecule has 1 aromatic heterocycles. The molecule has 2 heterocycles. The van der Waals surface area contributed by atoms with Crippen LogP contribution in [0.4, 0.5) is 23.1 Å². The molecular weight excluding hydrogens is 386 g/mol. The van der Waals surface area contributed by atoms with E-state index in [1.807, 2.05) is 30.3 Å². The van der Waals surface area contributed by atoms with Gasteiger partial charge in [-0.2, -0.15) is 4.98 Å². The number of nitrogens with one attached hydrogen (secondary N) is 4. The highest BCUT2D eigenvalue weighted by atomic mass is 16.5. The molecule has 0 saturated heterocycles. The smallest absolute Gasteiger partial charge is 0.258 e. The van der Waals surface area contributed by atoms with E-state index < -0.39 is 23.3 Å². The van der Waals surface area contributed by atoms with Crippen molar-refractivity contribution in [2.24, 2.45) is 0 Å². The predicted molar refractivity (Wildman–Crippen MR) is 112 cm³/mol. The Balaban J connectivity index is 1.63. The number of anilines is 4. The third-order valence-corrected chi connectivity index (χ3v) is 4.64. The molecule has 9 heteroatoms. The van der Waals surface area contributed by atoms with Crippen molar-refractivity contribution in [3.63, 3.8) is 0 Å². The Bertz CT molecular complexity index is 1160. The van der Waals surface area contributed by atoms with Crippen molar-refractivity contribution in [1.82, 2.24) is 9.97 Å². The Labute approximate surface area is 171 Å². The summed E-state index contributed by atoms with van der Waals surface area (Å²) in [6, 6.07) is 16.0. The van der Waals surface area contributed by atoms with Gasteiger partial charge in [0.25, 0.3) is 5.56 Å². The van der Waals surface area contributed by atoms with Crippen LogP contribution in [-0.4, -0.2) is 28.9 Å². The van der Waals surface area contributed by atoms with Crippen LogP contribution in [0.15, 0.2) is 59.4 Å². The summed E-state index contributed by atoms with van der Waals surface area (Å²) in [4.78, 5) is 44.8. The molecule has 1 atom stereocenters. The number of H-pyrrole nitrogens is 1. The van der Waals surface area contributed by atoms with Gasteiger partial charge >= 0.3 is 0 Å².